The molecule has 0 aliphatic rings. The molecule has 2 unspecified atom stereocenters. The van der Waals surface area contributed by atoms with E-state index in [1.165, 1.54) is 0 Å². The lowest BCUT2D eigenvalue weighted by molar-refractivity contribution is -0.124. The van der Waals surface area contributed by atoms with E-state index in [1.807, 2.05) is 26.8 Å². The van der Waals surface area contributed by atoms with Gasteiger partial charge in [0.15, 0.2) is 0 Å². The highest BCUT2D eigenvalue weighted by atomic mass is 16.3. The maximum atomic E-state index is 11.4. The molecular formula is C10H18N2O2. The summed E-state index contributed by atoms with van der Waals surface area (Å²) in [7, 11) is 0. The van der Waals surface area contributed by atoms with E-state index in [2.05, 4.69) is 5.32 Å². The summed E-state index contributed by atoms with van der Waals surface area (Å²) >= 11 is 0. The first-order valence-electron chi connectivity index (χ1n) is 4.81. The fourth-order valence-corrected chi connectivity index (χ4v) is 0.960. The van der Waals surface area contributed by atoms with E-state index < -0.39 is 5.92 Å². The van der Waals surface area contributed by atoms with E-state index in [0.29, 0.717) is 6.54 Å². The first kappa shape index (κ1) is 12.9. The summed E-state index contributed by atoms with van der Waals surface area (Å²) in [5.41, 5.74) is 0. The van der Waals surface area contributed by atoms with Gasteiger partial charge in [-0.05, 0) is 11.8 Å². The minimum atomic E-state index is -0.596. The van der Waals surface area contributed by atoms with Gasteiger partial charge in [0.05, 0.1) is 6.07 Å². The Balaban J connectivity index is 4.01. The van der Waals surface area contributed by atoms with Gasteiger partial charge in [-0.2, -0.15) is 5.26 Å². The van der Waals surface area contributed by atoms with Gasteiger partial charge in [0.1, 0.15) is 5.92 Å². The van der Waals surface area contributed by atoms with Crippen LogP contribution in [0.1, 0.15) is 20.8 Å². The maximum Gasteiger partial charge on any atom is 0.237 e. The monoisotopic (exact) mass is 198 g/mol. The van der Waals surface area contributed by atoms with E-state index in [4.69, 9.17) is 10.4 Å². The molecule has 0 radical (unpaired) electrons. The number of aliphatic hydroxyl groups is 1. The summed E-state index contributed by atoms with van der Waals surface area (Å²) in [5, 5.41) is 20.1. The number of carbonyl (C=O) groups excluding carboxylic acids is 1. The lowest BCUT2D eigenvalue weighted by Gasteiger charge is -2.14. The van der Waals surface area contributed by atoms with Crippen LogP contribution in [0.4, 0.5) is 0 Å². The normalized spacial score (nSPS) is 14.6. The second-order valence-electron chi connectivity index (χ2n) is 3.88. The summed E-state index contributed by atoms with van der Waals surface area (Å²) in [6, 6.07) is 1.97. The zero-order valence-electron chi connectivity index (χ0n) is 8.95. The van der Waals surface area contributed by atoms with E-state index >= 15 is 0 Å². The number of nitrogens with zero attached hydrogens (tertiary/aromatic N) is 1. The molecule has 14 heavy (non-hydrogen) atoms. The van der Waals surface area contributed by atoms with Gasteiger partial charge in [0.2, 0.25) is 5.91 Å². The van der Waals surface area contributed by atoms with Gasteiger partial charge in [-0.1, -0.05) is 20.8 Å². The van der Waals surface area contributed by atoms with Crippen LogP contribution in [0.5, 0.6) is 0 Å². The van der Waals surface area contributed by atoms with Crippen molar-refractivity contribution in [2.45, 2.75) is 20.8 Å². The molecule has 0 rings (SSSR count). The molecule has 4 heteroatoms. The van der Waals surface area contributed by atoms with E-state index in [9.17, 15) is 4.79 Å². The Kier molecular flexibility index (Phi) is 5.89. The molecule has 0 saturated heterocycles. The number of amides is 1. The van der Waals surface area contributed by atoms with Gasteiger partial charge in [0.25, 0.3) is 0 Å². The van der Waals surface area contributed by atoms with Crippen molar-refractivity contribution in [2.75, 3.05) is 13.2 Å². The summed E-state index contributed by atoms with van der Waals surface area (Å²) < 4.78 is 0. The standard InChI is InChI=1S/C10H18N2O2/c1-7(2)9(4-11)10(14)12-5-8(3)6-13/h7-9,13H,5-6H2,1-3H3,(H,12,14). The third-order valence-corrected chi connectivity index (χ3v) is 2.02. The highest BCUT2D eigenvalue weighted by Gasteiger charge is 2.21. The number of nitrogens with one attached hydrogen (secondary N) is 1. The van der Waals surface area contributed by atoms with Gasteiger partial charge in [0, 0.05) is 13.2 Å². The second-order valence-corrected chi connectivity index (χ2v) is 3.88. The molecule has 2 atom stereocenters. The minimum Gasteiger partial charge on any atom is -0.396 e. The van der Waals surface area contributed by atoms with Crippen molar-refractivity contribution < 1.29 is 9.90 Å². The van der Waals surface area contributed by atoms with Crippen molar-refractivity contribution in [3.63, 3.8) is 0 Å². The molecule has 0 saturated carbocycles. The summed E-state index contributed by atoms with van der Waals surface area (Å²) in [4.78, 5) is 11.4. The third-order valence-electron chi connectivity index (χ3n) is 2.02. The first-order chi connectivity index (χ1) is 6.52. The molecule has 0 fully saturated rings. The van der Waals surface area contributed by atoms with Crippen LogP contribution in [0.2, 0.25) is 0 Å². The van der Waals surface area contributed by atoms with Gasteiger partial charge in [-0.15, -0.1) is 0 Å². The largest absolute Gasteiger partial charge is 0.396 e. The van der Waals surface area contributed by atoms with Gasteiger partial charge in [-0.25, -0.2) is 0 Å². The maximum absolute atomic E-state index is 11.4. The smallest absolute Gasteiger partial charge is 0.237 e. The van der Waals surface area contributed by atoms with Crippen LogP contribution in [0.15, 0.2) is 0 Å². The minimum absolute atomic E-state index is 0.0180. The molecule has 0 heterocycles. The zero-order valence-corrected chi connectivity index (χ0v) is 8.95. The van der Waals surface area contributed by atoms with Crippen LogP contribution in [-0.2, 0) is 4.79 Å². The molecule has 0 aromatic heterocycles. The van der Waals surface area contributed by atoms with Gasteiger partial charge < -0.3 is 10.4 Å². The number of hydrogen-bond acceptors (Lipinski definition) is 3. The molecule has 2 N–H and O–H groups in total. The molecule has 0 spiro atoms. The predicted molar refractivity (Wildman–Crippen MR) is 53.2 cm³/mol. The summed E-state index contributed by atoms with van der Waals surface area (Å²) in [5.74, 6) is -0.793. The Hall–Kier alpha value is -1.08. The topological polar surface area (TPSA) is 73.1 Å². The quantitative estimate of drug-likeness (QED) is 0.676. The predicted octanol–water partition coefficient (Wildman–Crippen LogP) is 0.527. The van der Waals surface area contributed by atoms with Crippen molar-refractivity contribution in [1.82, 2.24) is 5.32 Å². The summed E-state index contributed by atoms with van der Waals surface area (Å²) in [6.45, 7) is 5.96. The molecule has 0 aliphatic carbocycles. The molecule has 0 aromatic rings. The molecule has 4 nitrogen and oxygen atoms in total. The zero-order chi connectivity index (χ0) is 11.1. The van der Waals surface area contributed by atoms with Crippen LogP contribution < -0.4 is 5.32 Å². The summed E-state index contributed by atoms with van der Waals surface area (Å²) in [6.07, 6.45) is 0. The fraction of sp³-hybridized carbons (Fsp3) is 0.800. The third kappa shape index (κ3) is 4.24. The van der Waals surface area contributed by atoms with E-state index in [0.717, 1.165) is 0 Å². The van der Waals surface area contributed by atoms with Crippen LogP contribution in [0.3, 0.4) is 0 Å². The van der Waals surface area contributed by atoms with Crippen molar-refractivity contribution in [3.05, 3.63) is 0 Å². The van der Waals surface area contributed by atoms with E-state index in [-0.39, 0.29) is 24.3 Å². The molecular weight excluding hydrogens is 180 g/mol. The van der Waals surface area contributed by atoms with Crippen LogP contribution in [-0.4, -0.2) is 24.2 Å². The van der Waals surface area contributed by atoms with Crippen LogP contribution in [0.25, 0.3) is 0 Å². The average molecular weight is 198 g/mol. The Morgan fingerprint density at radius 1 is 1.50 bits per heavy atom. The molecule has 0 aliphatic heterocycles. The number of nitriles is 1. The van der Waals surface area contributed by atoms with Crippen molar-refractivity contribution in [1.29, 1.82) is 5.26 Å². The highest BCUT2D eigenvalue weighted by Crippen LogP contribution is 2.09. The fourth-order valence-electron chi connectivity index (χ4n) is 0.960. The highest BCUT2D eigenvalue weighted by molar-refractivity contribution is 5.81. The Morgan fingerprint density at radius 3 is 2.43 bits per heavy atom. The van der Waals surface area contributed by atoms with E-state index in [1.54, 1.807) is 0 Å². The van der Waals surface area contributed by atoms with Crippen molar-refractivity contribution >= 4 is 5.91 Å². The van der Waals surface area contributed by atoms with Crippen molar-refractivity contribution in [2.24, 2.45) is 17.8 Å². The lowest BCUT2D eigenvalue weighted by Crippen LogP contribution is -2.36. The Morgan fingerprint density at radius 2 is 2.07 bits per heavy atom. The number of carbonyl (C=O) groups is 1. The lowest BCUT2D eigenvalue weighted by atomic mass is 9.96. The second kappa shape index (κ2) is 6.39. The van der Waals surface area contributed by atoms with Gasteiger partial charge in [-0.3, -0.25) is 4.79 Å². The Bertz CT molecular complexity index is 221. The van der Waals surface area contributed by atoms with Crippen LogP contribution >= 0.6 is 0 Å². The molecule has 0 aromatic carbocycles. The molecule has 80 valence electrons. The van der Waals surface area contributed by atoms with Crippen molar-refractivity contribution in [3.8, 4) is 6.07 Å². The first-order valence-corrected chi connectivity index (χ1v) is 4.81. The SMILES string of the molecule is CC(CO)CNC(=O)C(C#N)C(C)C. The van der Waals surface area contributed by atoms with Gasteiger partial charge >= 0.3 is 0 Å². The Labute approximate surface area is 84.9 Å². The molecule has 1 amide bonds. The molecule has 0 bridgehead atoms. The van der Waals surface area contributed by atoms with Crippen LogP contribution in [0, 0.1) is 29.1 Å². The number of hydrogen-bond donors (Lipinski definition) is 2. The number of rotatable bonds is 5. The number of aliphatic hydroxyl groups excluding tert-OH is 1. The average Bonchev–Trinajstić information content (AvgIpc) is 2.14.